The summed E-state index contributed by atoms with van der Waals surface area (Å²) >= 11 is 0. The number of nitro benzene ring substituents is 1. The number of nitro groups is 1. The predicted octanol–water partition coefficient (Wildman–Crippen LogP) is 3.33. The molecule has 0 aromatic heterocycles. The standard InChI is InChI=1S/C22H23N3O5/c1-15-12-16-6-2-3-7-19(16)24(15)21(26)14-30-22(27)18-13-17(25(28)29)8-9-20(18)23-10-4-5-11-23/h2-3,6-9,13,15H,4-5,10-12,14H2,1H3/t15-/m1/s1. The van der Waals surface area contributed by atoms with E-state index in [-0.39, 0.29) is 23.2 Å². The van der Waals surface area contributed by atoms with Gasteiger partial charge in [0.05, 0.1) is 16.2 Å². The van der Waals surface area contributed by atoms with Crippen molar-refractivity contribution in [2.75, 3.05) is 29.5 Å². The third-order valence-corrected chi connectivity index (χ3v) is 5.66. The lowest BCUT2D eigenvalue weighted by atomic mass is 10.1. The lowest BCUT2D eigenvalue weighted by Gasteiger charge is -2.23. The molecule has 0 bridgehead atoms. The van der Waals surface area contributed by atoms with Gasteiger partial charge in [-0.15, -0.1) is 0 Å². The number of anilines is 2. The summed E-state index contributed by atoms with van der Waals surface area (Å²) in [5, 5.41) is 11.2. The number of carbonyl (C=O) groups excluding carboxylic acids is 2. The number of amides is 1. The number of para-hydroxylation sites is 1. The second-order valence-corrected chi connectivity index (χ2v) is 7.67. The van der Waals surface area contributed by atoms with Crippen LogP contribution in [0.3, 0.4) is 0 Å². The fraction of sp³-hybridized carbons (Fsp3) is 0.364. The number of carbonyl (C=O) groups is 2. The quantitative estimate of drug-likeness (QED) is 0.427. The van der Waals surface area contributed by atoms with Gasteiger partial charge in [0.2, 0.25) is 0 Å². The van der Waals surface area contributed by atoms with E-state index < -0.39 is 17.5 Å². The molecule has 1 fully saturated rings. The first-order valence-corrected chi connectivity index (χ1v) is 10.1. The number of benzene rings is 2. The maximum absolute atomic E-state index is 12.8. The minimum absolute atomic E-state index is 0.0217. The van der Waals surface area contributed by atoms with E-state index in [0.717, 1.165) is 43.6 Å². The van der Waals surface area contributed by atoms with Crippen molar-refractivity contribution in [2.24, 2.45) is 0 Å². The molecule has 2 aliphatic heterocycles. The van der Waals surface area contributed by atoms with Crippen LogP contribution in [0.1, 0.15) is 35.7 Å². The maximum atomic E-state index is 12.8. The van der Waals surface area contributed by atoms with Crippen molar-refractivity contribution in [3.63, 3.8) is 0 Å². The number of non-ortho nitro benzene ring substituents is 1. The Hall–Kier alpha value is -3.42. The molecule has 1 atom stereocenters. The zero-order chi connectivity index (χ0) is 21.3. The van der Waals surface area contributed by atoms with Gasteiger partial charge in [0, 0.05) is 37.0 Å². The minimum Gasteiger partial charge on any atom is -0.452 e. The van der Waals surface area contributed by atoms with Crippen LogP contribution in [0.2, 0.25) is 0 Å². The first kappa shape index (κ1) is 19.9. The molecule has 4 rings (SSSR count). The molecule has 0 spiro atoms. The van der Waals surface area contributed by atoms with E-state index >= 15 is 0 Å². The highest BCUT2D eigenvalue weighted by Crippen LogP contribution is 2.32. The van der Waals surface area contributed by atoms with Crippen molar-refractivity contribution in [2.45, 2.75) is 32.2 Å². The summed E-state index contributed by atoms with van der Waals surface area (Å²) < 4.78 is 5.32. The minimum atomic E-state index is -0.728. The van der Waals surface area contributed by atoms with E-state index in [2.05, 4.69) is 0 Å². The van der Waals surface area contributed by atoms with Crippen molar-refractivity contribution in [3.8, 4) is 0 Å². The number of hydrogen-bond donors (Lipinski definition) is 0. The Labute approximate surface area is 174 Å². The third kappa shape index (κ3) is 3.72. The van der Waals surface area contributed by atoms with E-state index in [4.69, 9.17) is 4.74 Å². The number of nitrogens with zero attached hydrogens (tertiary/aromatic N) is 3. The Bertz CT molecular complexity index is 1000. The largest absolute Gasteiger partial charge is 0.452 e. The average molecular weight is 409 g/mol. The highest BCUT2D eigenvalue weighted by atomic mass is 16.6. The maximum Gasteiger partial charge on any atom is 0.341 e. The number of hydrogen-bond acceptors (Lipinski definition) is 6. The summed E-state index contributed by atoms with van der Waals surface area (Å²) in [6.45, 7) is 3.09. The van der Waals surface area contributed by atoms with Crippen molar-refractivity contribution >= 4 is 28.9 Å². The number of fused-ring (bicyclic) bond motifs is 1. The van der Waals surface area contributed by atoms with E-state index in [1.807, 2.05) is 36.1 Å². The van der Waals surface area contributed by atoms with Gasteiger partial charge in [0.25, 0.3) is 11.6 Å². The highest BCUT2D eigenvalue weighted by Gasteiger charge is 2.31. The van der Waals surface area contributed by atoms with Gasteiger partial charge in [-0.1, -0.05) is 18.2 Å². The average Bonchev–Trinajstić information content (AvgIpc) is 3.38. The second-order valence-electron chi connectivity index (χ2n) is 7.67. The molecule has 0 radical (unpaired) electrons. The van der Waals surface area contributed by atoms with Crippen LogP contribution in [-0.2, 0) is 16.0 Å². The second kappa shape index (κ2) is 8.14. The molecule has 30 heavy (non-hydrogen) atoms. The van der Waals surface area contributed by atoms with Crippen molar-refractivity contribution in [1.82, 2.24) is 0 Å². The zero-order valence-corrected chi connectivity index (χ0v) is 16.7. The monoisotopic (exact) mass is 409 g/mol. The molecule has 1 amide bonds. The Morgan fingerprint density at radius 1 is 1.13 bits per heavy atom. The molecule has 0 aliphatic carbocycles. The molecule has 0 saturated carbocycles. The molecule has 156 valence electrons. The van der Waals surface area contributed by atoms with E-state index in [0.29, 0.717) is 5.69 Å². The SMILES string of the molecule is C[C@@H]1Cc2ccccc2N1C(=O)COC(=O)c1cc([N+](=O)[O-])ccc1N1CCCC1. The van der Waals surface area contributed by atoms with Crippen LogP contribution < -0.4 is 9.80 Å². The lowest BCUT2D eigenvalue weighted by molar-refractivity contribution is -0.384. The summed E-state index contributed by atoms with van der Waals surface area (Å²) in [6, 6.07) is 11.8. The van der Waals surface area contributed by atoms with Gasteiger partial charge in [0.1, 0.15) is 0 Å². The van der Waals surface area contributed by atoms with Crippen molar-refractivity contribution in [1.29, 1.82) is 0 Å². The van der Waals surface area contributed by atoms with Crippen LogP contribution in [0.4, 0.5) is 17.1 Å². The summed E-state index contributed by atoms with van der Waals surface area (Å²) in [4.78, 5) is 39.9. The molecule has 1 saturated heterocycles. The molecule has 2 heterocycles. The zero-order valence-electron chi connectivity index (χ0n) is 16.7. The van der Waals surface area contributed by atoms with Gasteiger partial charge in [-0.2, -0.15) is 0 Å². The Kier molecular flexibility index (Phi) is 5.39. The smallest absolute Gasteiger partial charge is 0.341 e. The summed E-state index contributed by atoms with van der Waals surface area (Å²) in [5.74, 6) is -1.04. The van der Waals surface area contributed by atoms with Crippen LogP contribution in [0.25, 0.3) is 0 Å². The van der Waals surface area contributed by atoms with Crippen LogP contribution in [0.5, 0.6) is 0 Å². The first-order chi connectivity index (χ1) is 14.5. The van der Waals surface area contributed by atoms with Gasteiger partial charge in [-0.05, 0) is 43.9 Å². The first-order valence-electron chi connectivity index (χ1n) is 10.1. The van der Waals surface area contributed by atoms with Gasteiger partial charge in [0.15, 0.2) is 6.61 Å². The molecular weight excluding hydrogens is 386 g/mol. The highest BCUT2D eigenvalue weighted by molar-refractivity contribution is 6.01. The van der Waals surface area contributed by atoms with E-state index in [1.54, 1.807) is 11.0 Å². The third-order valence-electron chi connectivity index (χ3n) is 5.66. The molecule has 0 unspecified atom stereocenters. The molecule has 8 nitrogen and oxygen atoms in total. The van der Waals surface area contributed by atoms with Gasteiger partial charge < -0.3 is 14.5 Å². The molecule has 8 heteroatoms. The predicted molar refractivity (Wildman–Crippen MR) is 112 cm³/mol. The van der Waals surface area contributed by atoms with Gasteiger partial charge in [-0.25, -0.2) is 4.79 Å². The Morgan fingerprint density at radius 3 is 2.60 bits per heavy atom. The molecule has 2 aromatic carbocycles. The summed E-state index contributed by atoms with van der Waals surface area (Å²) in [6.07, 6.45) is 2.74. The van der Waals surface area contributed by atoms with Crippen molar-refractivity contribution < 1.29 is 19.2 Å². The normalized spacial score (nSPS) is 17.7. The summed E-state index contributed by atoms with van der Waals surface area (Å²) in [7, 11) is 0. The number of ether oxygens (including phenoxy) is 1. The fourth-order valence-electron chi connectivity index (χ4n) is 4.26. The van der Waals surface area contributed by atoms with Crippen LogP contribution in [0, 0.1) is 10.1 Å². The van der Waals surface area contributed by atoms with Gasteiger partial charge >= 0.3 is 5.97 Å². The van der Waals surface area contributed by atoms with Gasteiger partial charge in [-0.3, -0.25) is 14.9 Å². The van der Waals surface area contributed by atoms with E-state index in [1.165, 1.54) is 12.1 Å². The van der Waals surface area contributed by atoms with E-state index in [9.17, 15) is 19.7 Å². The molecule has 0 N–H and O–H groups in total. The van der Waals surface area contributed by atoms with Crippen LogP contribution in [0.15, 0.2) is 42.5 Å². The number of rotatable bonds is 5. The van der Waals surface area contributed by atoms with Crippen LogP contribution >= 0.6 is 0 Å². The van der Waals surface area contributed by atoms with Crippen LogP contribution in [-0.4, -0.2) is 42.5 Å². The molecular formula is C22H23N3O5. The number of esters is 1. The Morgan fingerprint density at radius 2 is 1.87 bits per heavy atom. The summed E-state index contributed by atoms with van der Waals surface area (Å²) in [5.41, 5.74) is 2.46. The lowest BCUT2D eigenvalue weighted by Crippen LogP contribution is -2.38. The fourth-order valence-corrected chi connectivity index (χ4v) is 4.26. The van der Waals surface area contributed by atoms with Crippen molar-refractivity contribution in [3.05, 3.63) is 63.7 Å². The molecule has 2 aliphatic rings. The topological polar surface area (TPSA) is 93.0 Å². The molecule has 2 aromatic rings. The Balaban J connectivity index is 1.52.